The molecule has 2 N–H and O–H groups in total. The van der Waals surface area contributed by atoms with E-state index in [0.29, 0.717) is 7.04 Å². The van der Waals surface area contributed by atoms with E-state index in [-0.39, 0.29) is 7.31 Å². The molecule has 20 valence electrons. The summed E-state index contributed by atoms with van der Waals surface area (Å²) in [6.07, 6.45) is 0. The van der Waals surface area contributed by atoms with Gasteiger partial charge in [0.2, 0.25) is 0 Å². The zero-order valence-corrected chi connectivity index (χ0v) is 2.27. The standard InChI is InChI=1S/B2H3NO/c3-1-2-4/h1H,3H2. The zero-order valence-electron chi connectivity index (χ0n) is 2.27. The average molecular weight is 54.7 g/mol. The van der Waals surface area contributed by atoms with Crippen LogP contribution in [0.3, 0.4) is 0 Å². The summed E-state index contributed by atoms with van der Waals surface area (Å²) >= 11 is 0. The van der Waals surface area contributed by atoms with Gasteiger partial charge in [-0.15, -0.1) is 0 Å². The van der Waals surface area contributed by atoms with Crippen molar-refractivity contribution in [2.75, 3.05) is 0 Å². The van der Waals surface area contributed by atoms with Crippen LogP contribution in [0.4, 0.5) is 0 Å². The van der Waals surface area contributed by atoms with Gasteiger partial charge < -0.3 is 0 Å². The summed E-state index contributed by atoms with van der Waals surface area (Å²) in [5, 5.41) is 0. The van der Waals surface area contributed by atoms with Crippen molar-refractivity contribution in [2.24, 2.45) is 5.64 Å². The van der Waals surface area contributed by atoms with Crippen LogP contribution in [0.5, 0.6) is 0 Å². The van der Waals surface area contributed by atoms with E-state index in [1.165, 1.54) is 0 Å². The Bertz CT molecular complexity index is 20.0. The first kappa shape index (κ1) is 3.89. The van der Waals surface area contributed by atoms with Crippen molar-refractivity contribution in [2.45, 2.75) is 0 Å². The first-order valence-corrected chi connectivity index (χ1v) is 1.05. The molecule has 0 saturated heterocycles. The molecular weight excluding hydrogens is 51.6 g/mol. The van der Waals surface area contributed by atoms with Gasteiger partial charge in [-0.05, 0) is 0 Å². The van der Waals surface area contributed by atoms with Crippen LogP contribution in [-0.4, -0.2) is 14.3 Å². The summed E-state index contributed by atoms with van der Waals surface area (Å²) < 4.78 is 9.05. The molecule has 0 aliphatic carbocycles. The minimum atomic E-state index is 0.139. The molecule has 0 aliphatic heterocycles. The van der Waals surface area contributed by atoms with Crippen LogP contribution in [0.25, 0.3) is 0 Å². The number of hydrogen-bond acceptors (Lipinski definition) is 2. The Hall–Kier alpha value is -0.110. The van der Waals surface area contributed by atoms with Gasteiger partial charge in [-0.25, -0.2) is 0 Å². The Morgan fingerprint density at radius 2 is 2.25 bits per heavy atom. The molecule has 0 atom stereocenters. The number of nitrogens with two attached hydrogens (primary N) is 1. The summed E-state index contributed by atoms with van der Waals surface area (Å²) in [6, 6.07) is 0. The molecule has 0 aromatic heterocycles. The third-order valence-corrected chi connectivity index (χ3v) is 0.0962. The van der Waals surface area contributed by atoms with E-state index in [9.17, 15) is 0 Å². The molecule has 0 radical (unpaired) electrons. The van der Waals surface area contributed by atoms with Crippen LogP contribution < -0.4 is 5.64 Å². The fraction of sp³-hybridized carbons (Fsp3) is 0. The van der Waals surface area contributed by atoms with E-state index in [0.717, 1.165) is 0 Å². The molecule has 0 aliphatic rings. The molecule has 4 heavy (non-hydrogen) atoms. The fourth-order valence-corrected chi connectivity index (χ4v) is 0. The van der Waals surface area contributed by atoms with Crippen molar-refractivity contribution in [3.05, 3.63) is 0 Å². The first-order chi connectivity index (χ1) is 1.91. The predicted molar refractivity (Wildman–Crippen MR) is 17.8 cm³/mol. The SMILES string of the molecule is NBB=O. The van der Waals surface area contributed by atoms with Gasteiger partial charge in [0.1, 0.15) is 0 Å². The van der Waals surface area contributed by atoms with Gasteiger partial charge >= 0.3 is 24.7 Å². The van der Waals surface area contributed by atoms with Crippen LogP contribution >= 0.6 is 0 Å². The molecule has 0 amide bonds. The quantitative estimate of drug-likeness (QED) is 0.361. The third kappa shape index (κ3) is 1.89. The molecule has 0 bridgehead atoms. The molecule has 0 aromatic rings. The predicted octanol–water partition coefficient (Wildman–Crippen LogP) is -1.74. The molecule has 4 heteroatoms. The second kappa shape index (κ2) is 2.89. The second-order valence-electron chi connectivity index (χ2n) is 0.402. The van der Waals surface area contributed by atoms with Crippen molar-refractivity contribution >= 4 is 14.3 Å². The molecule has 0 spiro atoms. The molecule has 0 fully saturated rings. The molecule has 0 rings (SSSR count). The van der Waals surface area contributed by atoms with E-state index >= 15 is 0 Å². The Balaban J connectivity index is 2.30. The van der Waals surface area contributed by atoms with Gasteiger partial charge in [-0.3, -0.25) is 0 Å². The molecule has 0 saturated carbocycles. The van der Waals surface area contributed by atoms with Crippen LogP contribution in [0, 0.1) is 0 Å². The van der Waals surface area contributed by atoms with Gasteiger partial charge in [0.25, 0.3) is 0 Å². The maximum absolute atomic E-state index is 9.05. The van der Waals surface area contributed by atoms with Crippen molar-refractivity contribution < 1.29 is 4.70 Å². The Labute approximate surface area is 25.9 Å². The Kier molecular flexibility index (Phi) is 2.81. The van der Waals surface area contributed by atoms with Crippen molar-refractivity contribution in [3.63, 3.8) is 0 Å². The molecule has 0 aromatic carbocycles. The normalized spacial score (nSPS) is 4.25. The van der Waals surface area contributed by atoms with Gasteiger partial charge in [0, 0.05) is 0 Å². The van der Waals surface area contributed by atoms with Crippen molar-refractivity contribution in [1.29, 1.82) is 0 Å². The average Bonchev–Trinajstić information content (AvgIpc) is 1.37. The fourth-order valence-electron chi connectivity index (χ4n) is 0. The zero-order chi connectivity index (χ0) is 3.41. The first-order valence-electron chi connectivity index (χ1n) is 1.05. The van der Waals surface area contributed by atoms with Crippen molar-refractivity contribution in [3.8, 4) is 0 Å². The second-order valence-corrected chi connectivity index (χ2v) is 0.402. The van der Waals surface area contributed by atoms with E-state index in [1.54, 1.807) is 0 Å². The number of hydrogen-bond donors (Lipinski definition) is 1. The van der Waals surface area contributed by atoms with Crippen LogP contribution in [0.1, 0.15) is 0 Å². The molecule has 2 nitrogen and oxygen atoms in total. The summed E-state index contributed by atoms with van der Waals surface area (Å²) in [7, 11) is 0.792. The van der Waals surface area contributed by atoms with E-state index < -0.39 is 0 Å². The molecule has 0 unspecified atom stereocenters. The topological polar surface area (TPSA) is 43.1 Å². The number of rotatable bonds is 1. The van der Waals surface area contributed by atoms with E-state index in [4.69, 9.17) is 4.70 Å². The Morgan fingerprint density at radius 3 is 2.25 bits per heavy atom. The van der Waals surface area contributed by atoms with Gasteiger partial charge in [0.05, 0.1) is 0 Å². The minimum absolute atomic E-state index is 0.139. The summed E-state index contributed by atoms with van der Waals surface area (Å²) in [5.74, 6) is 0. The van der Waals surface area contributed by atoms with Gasteiger partial charge in [-0.1, -0.05) is 0 Å². The molecule has 0 heterocycles. The summed E-state index contributed by atoms with van der Waals surface area (Å²) in [4.78, 5) is 0. The Morgan fingerprint density at radius 1 is 2.00 bits per heavy atom. The van der Waals surface area contributed by atoms with Crippen molar-refractivity contribution in [1.82, 2.24) is 0 Å². The monoisotopic (exact) mass is 55.0 g/mol. The van der Waals surface area contributed by atoms with E-state index in [1.807, 2.05) is 0 Å². The third-order valence-electron chi connectivity index (χ3n) is 0.0962. The summed E-state index contributed by atoms with van der Waals surface area (Å²) in [6.45, 7) is 0. The van der Waals surface area contributed by atoms with Crippen LogP contribution in [0.15, 0.2) is 0 Å². The van der Waals surface area contributed by atoms with Crippen LogP contribution in [-0.2, 0) is 4.70 Å². The van der Waals surface area contributed by atoms with Gasteiger partial charge in [-0.2, -0.15) is 0 Å². The van der Waals surface area contributed by atoms with E-state index in [2.05, 4.69) is 5.64 Å². The maximum atomic E-state index is 9.05. The van der Waals surface area contributed by atoms with Crippen LogP contribution in [0.2, 0.25) is 0 Å². The van der Waals surface area contributed by atoms with Gasteiger partial charge in [0.15, 0.2) is 0 Å². The molecular formula is H3B2NO. The summed E-state index contributed by atoms with van der Waals surface area (Å²) in [5.41, 5.74) is 4.66.